The van der Waals surface area contributed by atoms with Crippen LogP contribution < -0.4 is 5.73 Å². The average Bonchev–Trinajstić information content (AvgIpc) is 2.93. The third-order valence-corrected chi connectivity index (χ3v) is 9.87. The molecule has 2 unspecified atom stereocenters. The molecule has 2 saturated heterocycles. The van der Waals surface area contributed by atoms with Gasteiger partial charge in [0.05, 0.1) is 29.0 Å². The van der Waals surface area contributed by atoms with Gasteiger partial charge in [-0.25, -0.2) is 4.39 Å². The highest BCUT2D eigenvalue weighted by Crippen LogP contribution is 2.53. The first-order valence-electron chi connectivity index (χ1n) is 15.3. The number of rotatable bonds is 9. The summed E-state index contributed by atoms with van der Waals surface area (Å²) in [6.07, 6.45) is 5.90. The van der Waals surface area contributed by atoms with Crippen molar-refractivity contribution in [3.63, 3.8) is 0 Å². The highest BCUT2D eigenvalue weighted by Gasteiger charge is 2.58. The van der Waals surface area contributed by atoms with E-state index in [2.05, 4.69) is 34.9 Å². The van der Waals surface area contributed by atoms with Crippen LogP contribution >= 0.6 is 0 Å². The van der Waals surface area contributed by atoms with E-state index in [1.165, 1.54) is 6.07 Å². The van der Waals surface area contributed by atoms with Gasteiger partial charge in [-0.05, 0) is 88.4 Å². The molecule has 2 atom stereocenters. The molecular weight excluding hydrogens is 542 g/mol. The summed E-state index contributed by atoms with van der Waals surface area (Å²) in [5.74, 6) is 0.630. The van der Waals surface area contributed by atoms with E-state index in [0.29, 0.717) is 46.5 Å². The van der Waals surface area contributed by atoms with E-state index in [1.54, 1.807) is 18.5 Å². The van der Waals surface area contributed by atoms with E-state index in [1.807, 2.05) is 11.0 Å². The van der Waals surface area contributed by atoms with E-state index in [4.69, 9.17) is 5.73 Å². The maximum Gasteiger partial charge on any atom is 0.395 e. The molecule has 0 bridgehead atoms. The van der Waals surface area contributed by atoms with Gasteiger partial charge in [0.1, 0.15) is 5.82 Å². The maximum atomic E-state index is 15.3. The minimum atomic E-state index is -4.11. The Morgan fingerprint density at radius 1 is 1.07 bits per heavy atom. The molecule has 42 heavy (non-hydrogen) atoms. The van der Waals surface area contributed by atoms with E-state index in [-0.39, 0.29) is 31.2 Å². The first-order valence-corrected chi connectivity index (χ1v) is 15.3. The zero-order valence-electron chi connectivity index (χ0n) is 24.6. The van der Waals surface area contributed by atoms with Gasteiger partial charge in [-0.1, -0.05) is 32.6 Å². The monoisotopic (exact) mass is 585 g/mol. The fourth-order valence-corrected chi connectivity index (χ4v) is 6.86. The number of alkyl halides is 3. The number of likely N-dealkylation sites (tertiary alicyclic amines) is 2. The first-order chi connectivity index (χ1) is 20.0. The normalized spacial score (nSPS) is 23.4. The Morgan fingerprint density at radius 3 is 2.38 bits per heavy atom. The molecular formula is C33H43F4N5. The molecule has 3 fully saturated rings. The zero-order chi connectivity index (χ0) is 30.1. The highest BCUT2D eigenvalue weighted by atomic mass is 19.4. The standard InChI is InChI=1S/C33H43F4N5/c1-22-9-16-42(31(17-22)23(2)38)24(3)28-8-6-26(18-29(28)34)30-20-39-27(19-40-30)7-5-25-10-14-41(15-11-25)21-32(12-4-13-32)33(35,36)37/h6,8,18-20,22,25,31H,2-5,7,9-17,21,38H2,1H3. The molecule has 9 heteroatoms. The lowest BCUT2D eigenvalue weighted by Gasteiger charge is -2.47. The highest BCUT2D eigenvalue weighted by molar-refractivity contribution is 5.68. The Bertz CT molecular complexity index is 1260. The first kappa shape index (κ1) is 30.5. The second-order valence-corrected chi connectivity index (χ2v) is 12.8. The second kappa shape index (κ2) is 12.3. The Kier molecular flexibility index (Phi) is 8.97. The summed E-state index contributed by atoms with van der Waals surface area (Å²) in [5.41, 5.74) is 8.32. The van der Waals surface area contributed by atoms with E-state index in [9.17, 15) is 13.2 Å². The van der Waals surface area contributed by atoms with Crippen molar-refractivity contribution in [1.82, 2.24) is 19.8 Å². The van der Waals surface area contributed by atoms with Crippen molar-refractivity contribution in [2.45, 2.75) is 76.9 Å². The Hall–Kier alpha value is -2.94. The fraction of sp³-hybridized carbons (Fsp3) is 0.576. The van der Waals surface area contributed by atoms with Gasteiger partial charge in [-0.15, -0.1) is 0 Å². The van der Waals surface area contributed by atoms with Gasteiger partial charge in [0, 0.05) is 41.8 Å². The van der Waals surface area contributed by atoms with Gasteiger partial charge < -0.3 is 15.5 Å². The number of halogens is 4. The molecule has 2 N–H and O–H groups in total. The smallest absolute Gasteiger partial charge is 0.395 e. The number of nitrogens with zero attached hydrogens (tertiary/aromatic N) is 4. The molecule has 3 aliphatic rings. The van der Waals surface area contributed by atoms with Crippen molar-refractivity contribution >= 4 is 5.70 Å². The van der Waals surface area contributed by atoms with Crippen LogP contribution in [-0.4, -0.2) is 58.2 Å². The van der Waals surface area contributed by atoms with Crippen LogP contribution in [0.25, 0.3) is 17.0 Å². The number of hydrogen-bond acceptors (Lipinski definition) is 5. The van der Waals surface area contributed by atoms with Crippen LogP contribution in [0.3, 0.4) is 0 Å². The molecule has 1 aliphatic carbocycles. The molecule has 5 nitrogen and oxygen atoms in total. The van der Waals surface area contributed by atoms with Crippen LogP contribution in [0.2, 0.25) is 0 Å². The van der Waals surface area contributed by atoms with Crippen molar-refractivity contribution in [3.8, 4) is 11.3 Å². The van der Waals surface area contributed by atoms with Crippen molar-refractivity contribution in [2.75, 3.05) is 26.2 Å². The summed E-state index contributed by atoms with van der Waals surface area (Å²) in [6, 6.07) is 5.00. The third-order valence-electron chi connectivity index (χ3n) is 9.87. The van der Waals surface area contributed by atoms with E-state index in [0.717, 1.165) is 63.9 Å². The molecule has 3 heterocycles. The number of aryl methyl sites for hydroxylation is 1. The van der Waals surface area contributed by atoms with Crippen molar-refractivity contribution in [1.29, 1.82) is 0 Å². The van der Waals surface area contributed by atoms with Gasteiger partial charge in [0.15, 0.2) is 0 Å². The molecule has 1 aromatic heterocycles. The summed E-state index contributed by atoms with van der Waals surface area (Å²) >= 11 is 0. The lowest BCUT2D eigenvalue weighted by molar-refractivity contribution is -0.256. The number of hydrogen-bond donors (Lipinski definition) is 1. The molecule has 0 amide bonds. The largest absolute Gasteiger partial charge is 0.401 e. The van der Waals surface area contributed by atoms with Crippen LogP contribution in [0.1, 0.15) is 69.5 Å². The van der Waals surface area contributed by atoms with Crippen LogP contribution in [-0.2, 0) is 6.42 Å². The molecule has 5 rings (SSSR count). The van der Waals surface area contributed by atoms with Crippen molar-refractivity contribution in [3.05, 3.63) is 66.5 Å². The molecule has 1 aromatic carbocycles. The molecule has 0 spiro atoms. The minimum absolute atomic E-state index is 0.0555. The molecule has 2 aromatic rings. The number of aromatic nitrogens is 2. The summed E-state index contributed by atoms with van der Waals surface area (Å²) < 4.78 is 56.0. The zero-order valence-corrected chi connectivity index (χ0v) is 24.6. The summed E-state index contributed by atoms with van der Waals surface area (Å²) in [7, 11) is 0. The quantitative estimate of drug-likeness (QED) is 0.316. The Labute approximate surface area is 246 Å². The lowest BCUT2D eigenvalue weighted by atomic mass is 9.67. The SMILES string of the molecule is C=C(N)C1CC(C)CCN1C(=C)c1ccc(-c2cnc(CCC3CCN(CC4(C(F)(F)F)CCC4)CC3)cn2)cc1F. The van der Waals surface area contributed by atoms with Crippen LogP contribution in [0.5, 0.6) is 0 Å². The molecule has 2 aliphatic heterocycles. The van der Waals surface area contributed by atoms with E-state index < -0.39 is 11.6 Å². The van der Waals surface area contributed by atoms with Crippen LogP contribution in [0, 0.1) is 23.1 Å². The maximum absolute atomic E-state index is 15.3. The third kappa shape index (κ3) is 6.51. The van der Waals surface area contributed by atoms with Gasteiger partial charge >= 0.3 is 6.18 Å². The molecule has 0 radical (unpaired) electrons. The van der Waals surface area contributed by atoms with E-state index >= 15 is 4.39 Å². The van der Waals surface area contributed by atoms with Crippen LogP contribution in [0.4, 0.5) is 17.6 Å². The lowest BCUT2D eigenvalue weighted by Crippen LogP contribution is -2.53. The van der Waals surface area contributed by atoms with Gasteiger partial charge in [0.25, 0.3) is 0 Å². The van der Waals surface area contributed by atoms with Crippen LogP contribution in [0.15, 0.2) is 49.4 Å². The number of benzene rings is 1. The average molecular weight is 586 g/mol. The van der Waals surface area contributed by atoms with Gasteiger partial charge in [-0.3, -0.25) is 9.97 Å². The summed E-state index contributed by atoms with van der Waals surface area (Å²) in [6.45, 7) is 12.7. The Balaban J connectivity index is 1.13. The van der Waals surface area contributed by atoms with Crippen molar-refractivity contribution < 1.29 is 17.6 Å². The molecule has 228 valence electrons. The number of piperidine rings is 2. The predicted octanol–water partition coefficient (Wildman–Crippen LogP) is 7.20. The Morgan fingerprint density at radius 2 is 1.81 bits per heavy atom. The fourth-order valence-electron chi connectivity index (χ4n) is 6.86. The second-order valence-electron chi connectivity index (χ2n) is 12.8. The predicted molar refractivity (Wildman–Crippen MR) is 159 cm³/mol. The van der Waals surface area contributed by atoms with Gasteiger partial charge in [0.2, 0.25) is 0 Å². The minimum Gasteiger partial charge on any atom is -0.401 e. The summed E-state index contributed by atoms with van der Waals surface area (Å²) in [5, 5.41) is 0. The van der Waals surface area contributed by atoms with Gasteiger partial charge in [-0.2, -0.15) is 13.2 Å². The number of nitrogens with two attached hydrogens (primary N) is 1. The summed E-state index contributed by atoms with van der Waals surface area (Å²) in [4.78, 5) is 13.2. The molecule has 1 saturated carbocycles. The van der Waals surface area contributed by atoms with Crippen molar-refractivity contribution in [2.24, 2.45) is 23.0 Å². The topological polar surface area (TPSA) is 58.3 Å².